The summed E-state index contributed by atoms with van der Waals surface area (Å²) in [5.74, 6) is -1.41. The van der Waals surface area contributed by atoms with E-state index in [0.717, 1.165) is 17.7 Å². The van der Waals surface area contributed by atoms with Crippen LogP contribution in [0, 0.1) is 11.6 Å². The van der Waals surface area contributed by atoms with Crippen LogP contribution in [0.3, 0.4) is 0 Å². The molecular formula is C13H10F2N2. The van der Waals surface area contributed by atoms with Gasteiger partial charge in [0.15, 0.2) is 17.5 Å². The van der Waals surface area contributed by atoms with Crippen molar-refractivity contribution in [2.24, 2.45) is 0 Å². The van der Waals surface area contributed by atoms with Gasteiger partial charge in [-0.3, -0.25) is 0 Å². The van der Waals surface area contributed by atoms with Gasteiger partial charge in [0, 0.05) is 18.0 Å². The zero-order chi connectivity index (χ0) is 12.3. The van der Waals surface area contributed by atoms with Crippen LogP contribution in [-0.4, -0.2) is 9.97 Å². The Balaban J connectivity index is 2.32. The maximum Gasteiger partial charge on any atom is 0.159 e. The fourth-order valence-corrected chi connectivity index (χ4v) is 1.41. The second-order valence-electron chi connectivity index (χ2n) is 3.54. The Hall–Kier alpha value is -2.10. The number of aromatic nitrogens is 2. The largest absolute Gasteiger partial charge is 0.236 e. The molecule has 1 heterocycles. The molecule has 0 amide bonds. The van der Waals surface area contributed by atoms with E-state index >= 15 is 0 Å². The Morgan fingerprint density at radius 1 is 1.12 bits per heavy atom. The van der Waals surface area contributed by atoms with E-state index < -0.39 is 11.6 Å². The molecule has 0 atom stereocenters. The van der Waals surface area contributed by atoms with Gasteiger partial charge in [-0.25, -0.2) is 18.7 Å². The summed E-state index contributed by atoms with van der Waals surface area (Å²) in [7, 11) is 0. The van der Waals surface area contributed by atoms with Crippen molar-refractivity contribution in [2.45, 2.75) is 6.42 Å². The minimum absolute atomic E-state index is 0.372. The summed E-state index contributed by atoms with van der Waals surface area (Å²) in [5.41, 5.74) is 1.38. The monoisotopic (exact) mass is 232 g/mol. The molecule has 0 unspecified atom stereocenters. The third-order valence-corrected chi connectivity index (χ3v) is 2.26. The Morgan fingerprint density at radius 3 is 2.41 bits per heavy atom. The van der Waals surface area contributed by atoms with Gasteiger partial charge in [-0.2, -0.15) is 0 Å². The van der Waals surface area contributed by atoms with Crippen molar-refractivity contribution >= 4 is 0 Å². The molecule has 0 fully saturated rings. The van der Waals surface area contributed by atoms with Crippen LogP contribution in [-0.2, 0) is 6.42 Å². The van der Waals surface area contributed by atoms with Gasteiger partial charge in [0.1, 0.15) is 0 Å². The first kappa shape index (κ1) is 11.4. The van der Waals surface area contributed by atoms with Crippen molar-refractivity contribution in [3.63, 3.8) is 0 Å². The van der Waals surface area contributed by atoms with E-state index in [4.69, 9.17) is 0 Å². The van der Waals surface area contributed by atoms with Gasteiger partial charge in [0.05, 0.1) is 0 Å². The van der Waals surface area contributed by atoms with Crippen LogP contribution >= 0.6 is 0 Å². The molecule has 0 aliphatic heterocycles. The van der Waals surface area contributed by atoms with Gasteiger partial charge in [-0.15, -0.1) is 6.58 Å². The molecule has 0 bridgehead atoms. The second kappa shape index (κ2) is 4.82. The number of benzene rings is 1. The highest BCUT2D eigenvalue weighted by atomic mass is 19.2. The molecule has 0 spiro atoms. The van der Waals surface area contributed by atoms with Crippen LogP contribution in [0.1, 0.15) is 5.56 Å². The van der Waals surface area contributed by atoms with Gasteiger partial charge < -0.3 is 0 Å². The summed E-state index contributed by atoms with van der Waals surface area (Å²) in [6.07, 6.45) is 5.71. The third kappa shape index (κ3) is 2.53. The summed E-state index contributed by atoms with van der Waals surface area (Å²) in [6, 6.07) is 3.59. The molecule has 0 radical (unpaired) electrons. The number of allylic oxidation sites excluding steroid dienone is 1. The van der Waals surface area contributed by atoms with Crippen molar-refractivity contribution in [3.8, 4) is 11.4 Å². The molecular weight excluding hydrogens is 222 g/mol. The summed E-state index contributed by atoms with van der Waals surface area (Å²) < 4.78 is 25.8. The minimum Gasteiger partial charge on any atom is -0.236 e. The van der Waals surface area contributed by atoms with Crippen molar-refractivity contribution in [3.05, 3.63) is 60.4 Å². The Bertz CT molecular complexity index is 536. The number of hydrogen-bond acceptors (Lipinski definition) is 2. The predicted molar refractivity (Wildman–Crippen MR) is 61.3 cm³/mol. The minimum atomic E-state index is -0.902. The van der Waals surface area contributed by atoms with Crippen LogP contribution < -0.4 is 0 Å². The van der Waals surface area contributed by atoms with Crippen LogP contribution in [0.15, 0.2) is 43.2 Å². The first-order valence-electron chi connectivity index (χ1n) is 5.08. The molecule has 0 N–H and O–H groups in total. The Morgan fingerprint density at radius 2 is 1.82 bits per heavy atom. The first-order valence-corrected chi connectivity index (χ1v) is 5.08. The molecule has 0 aliphatic rings. The Labute approximate surface area is 97.7 Å². The topological polar surface area (TPSA) is 25.8 Å². The van der Waals surface area contributed by atoms with Crippen LogP contribution in [0.25, 0.3) is 11.4 Å². The highest BCUT2D eigenvalue weighted by Crippen LogP contribution is 2.17. The summed E-state index contributed by atoms with van der Waals surface area (Å²) in [6.45, 7) is 3.61. The SMILES string of the molecule is C=CCc1cnc(-c2ccc(F)c(F)c2)nc1. The lowest BCUT2D eigenvalue weighted by atomic mass is 10.2. The van der Waals surface area contributed by atoms with Gasteiger partial charge in [-0.05, 0) is 30.2 Å². The van der Waals surface area contributed by atoms with E-state index in [1.807, 2.05) is 0 Å². The van der Waals surface area contributed by atoms with E-state index in [1.165, 1.54) is 6.07 Å². The van der Waals surface area contributed by atoms with Gasteiger partial charge in [0.2, 0.25) is 0 Å². The summed E-state index contributed by atoms with van der Waals surface area (Å²) in [5, 5.41) is 0. The van der Waals surface area contributed by atoms with Crippen LogP contribution in [0.5, 0.6) is 0 Å². The lowest BCUT2D eigenvalue weighted by Crippen LogP contribution is -1.93. The molecule has 0 aliphatic carbocycles. The molecule has 17 heavy (non-hydrogen) atoms. The zero-order valence-corrected chi connectivity index (χ0v) is 9.03. The normalized spacial score (nSPS) is 10.2. The standard InChI is InChI=1S/C13H10F2N2/c1-2-3-9-7-16-13(17-8-9)10-4-5-11(14)12(15)6-10/h2,4-8H,1,3H2. The van der Waals surface area contributed by atoms with Crippen LogP contribution in [0.4, 0.5) is 8.78 Å². The van der Waals surface area contributed by atoms with Crippen molar-refractivity contribution in [1.82, 2.24) is 9.97 Å². The number of nitrogens with zero attached hydrogens (tertiary/aromatic N) is 2. The number of halogens is 2. The molecule has 2 nitrogen and oxygen atoms in total. The lowest BCUT2D eigenvalue weighted by molar-refractivity contribution is 0.509. The van der Waals surface area contributed by atoms with Crippen molar-refractivity contribution in [2.75, 3.05) is 0 Å². The number of hydrogen-bond donors (Lipinski definition) is 0. The Kier molecular flexibility index (Phi) is 3.23. The van der Waals surface area contributed by atoms with Crippen LogP contribution in [0.2, 0.25) is 0 Å². The van der Waals surface area contributed by atoms with E-state index in [-0.39, 0.29) is 0 Å². The molecule has 2 rings (SSSR count). The average molecular weight is 232 g/mol. The second-order valence-corrected chi connectivity index (χ2v) is 3.54. The molecule has 4 heteroatoms. The molecule has 1 aromatic carbocycles. The predicted octanol–water partition coefficient (Wildman–Crippen LogP) is 3.15. The fraction of sp³-hybridized carbons (Fsp3) is 0.0769. The molecule has 0 saturated heterocycles. The maximum atomic E-state index is 13.0. The quantitative estimate of drug-likeness (QED) is 0.760. The van der Waals surface area contributed by atoms with Gasteiger partial charge >= 0.3 is 0 Å². The molecule has 1 aromatic heterocycles. The summed E-state index contributed by atoms with van der Waals surface area (Å²) in [4.78, 5) is 8.18. The van der Waals surface area contributed by atoms with Gasteiger partial charge in [-0.1, -0.05) is 6.08 Å². The highest BCUT2D eigenvalue weighted by molar-refractivity contribution is 5.54. The van der Waals surface area contributed by atoms with E-state index in [9.17, 15) is 8.78 Å². The maximum absolute atomic E-state index is 13.0. The lowest BCUT2D eigenvalue weighted by Gasteiger charge is -2.01. The molecule has 2 aromatic rings. The number of rotatable bonds is 3. The van der Waals surface area contributed by atoms with Crippen molar-refractivity contribution in [1.29, 1.82) is 0 Å². The average Bonchev–Trinajstić information content (AvgIpc) is 2.34. The summed E-state index contributed by atoms with van der Waals surface area (Å²) >= 11 is 0. The molecule has 0 saturated carbocycles. The van der Waals surface area contributed by atoms with E-state index in [2.05, 4.69) is 16.5 Å². The molecule has 86 valence electrons. The fourth-order valence-electron chi connectivity index (χ4n) is 1.41. The third-order valence-electron chi connectivity index (χ3n) is 2.26. The highest BCUT2D eigenvalue weighted by Gasteiger charge is 2.06. The van der Waals surface area contributed by atoms with Gasteiger partial charge in [0.25, 0.3) is 0 Å². The van der Waals surface area contributed by atoms with E-state index in [0.29, 0.717) is 17.8 Å². The smallest absolute Gasteiger partial charge is 0.159 e. The first-order chi connectivity index (χ1) is 8.20. The van der Waals surface area contributed by atoms with E-state index in [1.54, 1.807) is 18.5 Å². The zero-order valence-electron chi connectivity index (χ0n) is 9.03. The van der Waals surface area contributed by atoms with Crippen molar-refractivity contribution < 1.29 is 8.78 Å².